The smallest absolute Gasteiger partial charge is 0.137 e. The summed E-state index contributed by atoms with van der Waals surface area (Å²) in [5.41, 5.74) is 0. The van der Waals surface area contributed by atoms with E-state index in [1.165, 1.54) is 5.01 Å². The monoisotopic (exact) mass is 212 g/mol. The van der Waals surface area contributed by atoms with Gasteiger partial charge in [-0.15, -0.1) is 11.3 Å². The van der Waals surface area contributed by atoms with Gasteiger partial charge in [0.25, 0.3) is 0 Å². The molecule has 0 amide bonds. The second kappa shape index (κ2) is 4.72. The average Bonchev–Trinajstić information content (AvgIpc) is 2.67. The topological polar surface area (TPSA) is 40.2 Å². The largest absolute Gasteiger partial charge is 0.372 e. The van der Waals surface area contributed by atoms with Gasteiger partial charge in [0.05, 0.1) is 6.54 Å². The molecule has 0 radical (unpaired) electrons. The van der Waals surface area contributed by atoms with Gasteiger partial charge in [0.1, 0.15) is 10.8 Å². The SMILES string of the molecule is CNc1csc(CN2CCNCC2)n1. The molecule has 1 aliphatic rings. The summed E-state index contributed by atoms with van der Waals surface area (Å²) in [6.45, 7) is 5.46. The van der Waals surface area contributed by atoms with E-state index >= 15 is 0 Å². The number of anilines is 1. The molecule has 1 aromatic heterocycles. The van der Waals surface area contributed by atoms with Crippen LogP contribution in [0, 0.1) is 0 Å². The molecule has 1 aromatic rings. The first kappa shape index (κ1) is 9.89. The third-order valence-corrected chi connectivity index (χ3v) is 3.21. The highest BCUT2D eigenvalue weighted by atomic mass is 32.1. The lowest BCUT2D eigenvalue weighted by molar-refractivity contribution is 0.233. The van der Waals surface area contributed by atoms with Gasteiger partial charge in [-0.3, -0.25) is 4.90 Å². The fraction of sp³-hybridized carbons (Fsp3) is 0.667. The highest BCUT2D eigenvalue weighted by Crippen LogP contribution is 2.15. The van der Waals surface area contributed by atoms with Crippen LogP contribution < -0.4 is 10.6 Å². The number of nitrogens with one attached hydrogen (secondary N) is 2. The van der Waals surface area contributed by atoms with Crippen LogP contribution in [0.5, 0.6) is 0 Å². The van der Waals surface area contributed by atoms with E-state index in [-0.39, 0.29) is 0 Å². The number of hydrogen-bond donors (Lipinski definition) is 2. The van der Waals surface area contributed by atoms with Crippen LogP contribution >= 0.6 is 11.3 Å². The van der Waals surface area contributed by atoms with Gasteiger partial charge in [-0.05, 0) is 0 Å². The molecule has 0 spiro atoms. The van der Waals surface area contributed by atoms with Gasteiger partial charge in [-0.1, -0.05) is 0 Å². The zero-order valence-corrected chi connectivity index (χ0v) is 9.23. The Hall–Kier alpha value is -0.650. The third-order valence-electron chi connectivity index (χ3n) is 2.38. The highest BCUT2D eigenvalue weighted by molar-refractivity contribution is 7.10. The average molecular weight is 212 g/mol. The fourth-order valence-electron chi connectivity index (χ4n) is 1.56. The van der Waals surface area contributed by atoms with Crippen molar-refractivity contribution in [3.05, 3.63) is 10.4 Å². The minimum atomic E-state index is 0.986. The van der Waals surface area contributed by atoms with Gasteiger partial charge in [-0.25, -0.2) is 4.98 Å². The predicted molar refractivity (Wildman–Crippen MR) is 59.8 cm³/mol. The van der Waals surface area contributed by atoms with Gasteiger partial charge < -0.3 is 10.6 Å². The van der Waals surface area contributed by atoms with Gasteiger partial charge >= 0.3 is 0 Å². The van der Waals surface area contributed by atoms with Gasteiger partial charge in [0.15, 0.2) is 0 Å². The van der Waals surface area contributed by atoms with Crippen LogP contribution in [0.15, 0.2) is 5.38 Å². The van der Waals surface area contributed by atoms with Crippen molar-refractivity contribution in [1.29, 1.82) is 0 Å². The maximum absolute atomic E-state index is 4.47. The number of aromatic nitrogens is 1. The summed E-state index contributed by atoms with van der Waals surface area (Å²) in [5, 5.41) is 9.67. The second-order valence-electron chi connectivity index (χ2n) is 3.40. The molecule has 0 bridgehead atoms. The maximum Gasteiger partial charge on any atom is 0.137 e. The third kappa shape index (κ3) is 2.43. The van der Waals surface area contributed by atoms with Crippen LogP contribution in [0.3, 0.4) is 0 Å². The maximum atomic E-state index is 4.47. The van der Waals surface area contributed by atoms with E-state index in [9.17, 15) is 0 Å². The standard InChI is InChI=1S/C9H16N4S/c1-10-8-7-14-9(12-8)6-13-4-2-11-3-5-13/h7,10-11H,2-6H2,1H3. The Morgan fingerprint density at radius 1 is 1.57 bits per heavy atom. The molecular formula is C9H16N4S. The Balaban J connectivity index is 1.89. The van der Waals surface area contributed by atoms with Crippen molar-refractivity contribution in [2.24, 2.45) is 0 Å². The minimum Gasteiger partial charge on any atom is -0.372 e. The molecule has 0 aliphatic carbocycles. The van der Waals surface area contributed by atoms with Gasteiger partial charge in [0.2, 0.25) is 0 Å². The van der Waals surface area contributed by atoms with Crippen molar-refractivity contribution >= 4 is 17.2 Å². The normalized spacial score (nSPS) is 18.4. The van der Waals surface area contributed by atoms with Crippen LogP contribution in [0.1, 0.15) is 5.01 Å². The van der Waals surface area contributed by atoms with E-state index < -0.39 is 0 Å². The molecule has 4 nitrogen and oxygen atoms in total. The van der Waals surface area contributed by atoms with Crippen LogP contribution in [0.2, 0.25) is 0 Å². The first-order chi connectivity index (χ1) is 6.88. The summed E-state index contributed by atoms with van der Waals surface area (Å²) in [7, 11) is 1.91. The van der Waals surface area contributed by atoms with Crippen LogP contribution in [0.25, 0.3) is 0 Å². The molecule has 0 aromatic carbocycles. The molecule has 0 saturated carbocycles. The lowest BCUT2D eigenvalue weighted by atomic mass is 10.3. The molecule has 0 atom stereocenters. The van der Waals surface area contributed by atoms with E-state index in [0.29, 0.717) is 0 Å². The first-order valence-electron chi connectivity index (χ1n) is 4.94. The Morgan fingerprint density at radius 2 is 2.36 bits per heavy atom. The summed E-state index contributed by atoms with van der Waals surface area (Å²) >= 11 is 1.73. The zero-order valence-electron chi connectivity index (χ0n) is 8.42. The Kier molecular flexibility index (Phi) is 3.34. The highest BCUT2D eigenvalue weighted by Gasteiger charge is 2.11. The molecule has 78 valence electrons. The molecule has 5 heteroatoms. The number of piperazine rings is 1. The molecule has 0 unspecified atom stereocenters. The number of nitrogens with zero attached hydrogens (tertiary/aromatic N) is 2. The van der Waals surface area contributed by atoms with Crippen molar-refractivity contribution < 1.29 is 0 Å². The lowest BCUT2D eigenvalue weighted by Crippen LogP contribution is -2.42. The molecule has 1 fully saturated rings. The van der Waals surface area contributed by atoms with Gasteiger partial charge in [-0.2, -0.15) is 0 Å². The van der Waals surface area contributed by atoms with Crippen LogP contribution in [0.4, 0.5) is 5.82 Å². The quantitative estimate of drug-likeness (QED) is 0.769. The lowest BCUT2D eigenvalue weighted by Gasteiger charge is -2.26. The zero-order chi connectivity index (χ0) is 9.80. The Labute approximate surface area is 88.3 Å². The van der Waals surface area contributed by atoms with Crippen molar-refractivity contribution in [2.75, 3.05) is 38.5 Å². The molecule has 2 N–H and O–H groups in total. The van der Waals surface area contributed by atoms with Gasteiger partial charge in [0, 0.05) is 38.6 Å². The second-order valence-corrected chi connectivity index (χ2v) is 4.35. The molecule has 1 saturated heterocycles. The molecule has 1 aliphatic heterocycles. The van der Waals surface area contributed by atoms with Crippen LogP contribution in [-0.4, -0.2) is 43.1 Å². The summed E-state index contributed by atoms with van der Waals surface area (Å²) in [6, 6.07) is 0. The first-order valence-corrected chi connectivity index (χ1v) is 5.81. The van der Waals surface area contributed by atoms with Crippen LogP contribution in [-0.2, 0) is 6.54 Å². The Bertz CT molecular complexity index is 280. The van der Waals surface area contributed by atoms with E-state index in [2.05, 4.69) is 25.9 Å². The molecule has 2 rings (SSSR count). The Morgan fingerprint density at radius 3 is 3.00 bits per heavy atom. The minimum absolute atomic E-state index is 0.986. The van der Waals surface area contributed by atoms with Crippen molar-refractivity contribution in [1.82, 2.24) is 15.2 Å². The van der Waals surface area contributed by atoms with E-state index in [1.807, 2.05) is 7.05 Å². The summed E-state index contributed by atoms with van der Waals surface area (Å²) < 4.78 is 0. The predicted octanol–water partition coefficient (Wildman–Crippen LogP) is 0.590. The van der Waals surface area contributed by atoms with E-state index in [1.54, 1.807) is 11.3 Å². The van der Waals surface area contributed by atoms with Crippen molar-refractivity contribution in [2.45, 2.75) is 6.54 Å². The number of thiazole rings is 1. The summed E-state index contributed by atoms with van der Waals surface area (Å²) in [5.74, 6) is 0.986. The fourth-order valence-corrected chi connectivity index (χ4v) is 2.39. The van der Waals surface area contributed by atoms with Crippen molar-refractivity contribution in [3.8, 4) is 0 Å². The molecular weight excluding hydrogens is 196 g/mol. The molecule has 2 heterocycles. The number of hydrogen-bond acceptors (Lipinski definition) is 5. The number of rotatable bonds is 3. The summed E-state index contributed by atoms with van der Waals surface area (Å²) in [6.07, 6.45) is 0. The van der Waals surface area contributed by atoms with Crippen molar-refractivity contribution in [3.63, 3.8) is 0 Å². The molecule has 14 heavy (non-hydrogen) atoms. The van der Waals surface area contributed by atoms with E-state index in [4.69, 9.17) is 0 Å². The van der Waals surface area contributed by atoms with E-state index in [0.717, 1.165) is 38.5 Å². The summed E-state index contributed by atoms with van der Waals surface area (Å²) in [4.78, 5) is 6.91.